The number of hydrogen-bond acceptors (Lipinski definition) is 4. The molecule has 0 fully saturated rings. The highest BCUT2D eigenvalue weighted by molar-refractivity contribution is 5.96. The van der Waals surface area contributed by atoms with E-state index in [0.717, 1.165) is 33.5 Å². The molecule has 7 heteroatoms. The maximum absolute atomic E-state index is 12.4. The minimum Gasteiger partial charge on any atom is -0.497 e. The van der Waals surface area contributed by atoms with E-state index in [0.29, 0.717) is 17.7 Å². The van der Waals surface area contributed by atoms with E-state index in [1.807, 2.05) is 48.5 Å². The molecule has 4 rings (SSSR count). The standard InChI is InChI=1S/C24H23N3O4/c1-15-18(13-14-31-15)24(29)27-26-22(28)12-11-20-19-5-3-4-6-21(19)25-23(20)16-7-9-17(30-2)10-8-16/h3-10,13-14,25H,11-12H2,1-2H3,(H,26,28)(H,27,29). The summed E-state index contributed by atoms with van der Waals surface area (Å²) in [6, 6.07) is 17.3. The van der Waals surface area contributed by atoms with Gasteiger partial charge in [0, 0.05) is 23.0 Å². The lowest BCUT2D eigenvalue weighted by Crippen LogP contribution is -2.41. The summed E-state index contributed by atoms with van der Waals surface area (Å²) in [6.45, 7) is 1.69. The maximum atomic E-state index is 12.4. The van der Waals surface area contributed by atoms with E-state index in [-0.39, 0.29) is 12.3 Å². The van der Waals surface area contributed by atoms with Gasteiger partial charge in [-0.3, -0.25) is 20.4 Å². The summed E-state index contributed by atoms with van der Waals surface area (Å²) in [7, 11) is 1.63. The molecule has 0 unspecified atom stereocenters. The number of nitrogens with one attached hydrogen (secondary N) is 3. The summed E-state index contributed by atoms with van der Waals surface area (Å²) in [4.78, 5) is 28.0. The molecule has 7 nitrogen and oxygen atoms in total. The molecule has 2 aromatic heterocycles. The first-order chi connectivity index (χ1) is 15.1. The van der Waals surface area contributed by atoms with Crippen LogP contribution >= 0.6 is 0 Å². The topological polar surface area (TPSA) is 96.4 Å². The number of rotatable bonds is 6. The number of carbonyl (C=O) groups excluding carboxylic acids is 2. The van der Waals surface area contributed by atoms with Gasteiger partial charge in [-0.25, -0.2) is 0 Å². The van der Waals surface area contributed by atoms with Crippen LogP contribution in [0.3, 0.4) is 0 Å². The van der Waals surface area contributed by atoms with Crippen molar-refractivity contribution in [3.63, 3.8) is 0 Å². The average molecular weight is 417 g/mol. The minimum atomic E-state index is -0.411. The Morgan fingerprint density at radius 3 is 2.52 bits per heavy atom. The van der Waals surface area contributed by atoms with Crippen molar-refractivity contribution in [1.29, 1.82) is 0 Å². The summed E-state index contributed by atoms with van der Waals surface area (Å²) >= 11 is 0. The van der Waals surface area contributed by atoms with Crippen LogP contribution in [0, 0.1) is 6.92 Å². The van der Waals surface area contributed by atoms with E-state index in [1.54, 1.807) is 20.1 Å². The molecule has 0 saturated carbocycles. The van der Waals surface area contributed by atoms with Gasteiger partial charge in [-0.2, -0.15) is 0 Å². The van der Waals surface area contributed by atoms with Crippen molar-refractivity contribution < 1.29 is 18.7 Å². The summed E-state index contributed by atoms with van der Waals surface area (Å²) in [5, 5.41) is 1.07. The maximum Gasteiger partial charge on any atom is 0.273 e. The first-order valence-corrected chi connectivity index (χ1v) is 9.94. The van der Waals surface area contributed by atoms with Crippen molar-refractivity contribution in [3.05, 3.63) is 77.7 Å². The Labute approximate surface area is 179 Å². The molecule has 0 aliphatic rings. The second-order valence-corrected chi connectivity index (χ2v) is 7.15. The Kier molecular flexibility index (Phi) is 5.75. The lowest BCUT2D eigenvalue weighted by Gasteiger charge is -2.09. The van der Waals surface area contributed by atoms with Gasteiger partial charge < -0.3 is 14.1 Å². The lowest BCUT2D eigenvalue weighted by molar-refractivity contribution is -0.121. The average Bonchev–Trinajstić information content (AvgIpc) is 3.39. The smallest absolute Gasteiger partial charge is 0.273 e. The van der Waals surface area contributed by atoms with Gasteiger partial charge in [0.15, 0.2) is 0 Å². The number of amides is 2. The summed E-state index contributed by atoms with van der Waals surface area (Å²) in [5.41, 5.74) is 9.33. The molecule has 158 valence electrons. The van der Waals surface area contributed by atoms with Crippen molar-refractivity contribution in [2.45, 2.75) is 19.8 Å². The fourth-order valence-corrected chi connectivity index (χ4v) is 3.58. The third-order valence-electron chi connectivity index (χ3n) is 5.21. The highest BCUT2D eigenvalue weighted by Gasteiger charge is 2.16. The van der Waals surface area contributed by atoms with E-state index >= 15 is 0 Å². The molecular weight excluding hydrogens is 394 g/mol. The molecule has 3 N–H and O–H groups in total. The molecule has 0 spiro atoms. The van der Waals surface area contributed by atoms with Crippen LogP contribution < -0.4 is 15.6 Å². The van der Waals surface area contributed by atoms with Gasteiger partial charge in [0.05, 0.1) is 18.9 Å². The number of para-hydroxylation sites is 1. The van der Waals surface area contributed by atoms with Crippen molar-refractivity contribution in [1.82, 2.24) is 15.8 Å². The van der Waals surface area contributed by atoms with E-state index < -0.39 is 5.91 Å². The van der Waals surface area contributed by atoms with Gasteiger partial charge in [-0.15, -0.1) is 0 Å². The molecule has 2 heterocycles. The predicted octanol–water partition coefficient (Wildman–Crippen LogP) is 4.14. The number of aromatic nitrogens is 1. The van der Waals surface area contributed by atoms with Gasteiger partial charge >= 0.3 is 0 Å². The predicted molar refractivity (Wildman–Crippen MR) is 118 cm³/mol. The molecule has 2 amide bonds. The van der Waals surface area contributed by atoms with Crippen molar-refractivity contribution in [3.8, 4) is 17.0 Å². The summed E-state index contributed by atoms with van der Waals surface area (Å²) < 4.78 is 10.4. The van der Waals surface area contributed by atoms with Gasteiger partial charge in [-0.1, -0.05) is 18.2 Å². The number of hydrazine groups is 1. The number of H-pyrrole nitrogens is 1. The quantitative estimate of drug-likeness (QED) is 0.411. The first-order valence-electron chi connectivity index (χ1n) is 9.94. The van der Waals surface area contributed by atoms with E-state index in [4.69, 9.17) is 9.15 Å². The van der Waals surface area contributed by atoms with Crippen molar-refractivity contribution in [2.24, 2.45) is 0 Å². The van der Waals surface area contributed by atoms with Crippen LogP contribution in [0.25, 0.3) is 22.2 Å². The SMILES string of the molecule is COc1ccc(-c2[nH]c3ccccc3c2CCC(=O)NNC(=O)c2ccoc2C)cc1. The molecule has 0 bridgehead atoms. The van der Waals surface area contributed by atoms with Gasteiger partial charge in [0.1, 0.15) is 11.5 Å². The lowest BCUT2D eigenvalue weighted by atomic mass is 10.0. The zero-order chi connectivity index (χ0) is 21.8. The Bertz CT molecular complexity index is 1220. The Morgan fingerprint density at radius 2 is 1.81 bits per heavy atom. The van der Waals surface area contributed by atoms with E-state index in [2.05, 4.69) is 15.8 Å². The molecule has 0 atom stereocenters. The molecule has 31 heavy (non-hydrogen) atoms. The van der Waals surface area contributed by atoms with Crippen LogP contribution in [0.1, 0.15) is 28.1 Å². The van der Waals surface area contributed by atoms with Crippen molar-refractivity contribution >= 4 is 22.7 Å². The Morgan fingerprint density at radius 1 is 1.03 bits per heavy atom. The molecule has 2 aromatic carbocycles. The minimum absolute atomic E-state index is 0.218. The number of methoxy groups -OCH3 is 1. The Balaban J connectivity index is 1.49. The van der Waals surface area contributed by atoms with Crippen molar-refractivity contribution in [2.75, 3.05) is 7.11 Å². The van der Waals surface area contributed by atoms with Gasteiger partial charge in [0.25, 0.3) is 5.91 Å². The monoisotopic (exact) mass is 417 g/mol. The third kappa shape index (κ3) is 4.30. The van der Waals surface area contributed by atoms with Crippen LogP contribution in [0.5, 0.6) is 5.75 Å². The van der Waals surface area contributed by atoms with Crippen LogP contribution in [0.15, 0.2) is 65.3 Å². The fourth-order valence-electron chi connectivity index (χ4n) is 3.58. The number of aryl methyl sites for hydroxylation is 2. The largest absolute Gasteiger partial charge is 0.497 e. The highest BCUT2D eigenvalue weighted by atomic mass is 16.5. The summed E-state index contributed by atoms with van der Waals surface area (Å²) in [6.07, 6.45) is 2.16. The number of fused-ring (bicyclic) bond motifs is 1. The molecule has 4 aromatic rings. The van der Waals surface area contributed by atoms with Crippen LogP contribution in [-0.2, 0) is 11.2 Å². The number of hydrogen-bond donors (Lipinski definition) is 3. The van der Waals surface area contributed by atoms with Gasteiger partial charge in [-0.05, 0) is 60.9 Å². The first kappa shape index (κ1) is 20.3. The van der Waals surface area contributed by atoms with E-state index in [1.165, 1.54) is 6.26 Å². The molecule has 0 saturated heterocycles. The number of carbonyl (C=O) groups is 2. The zero-order valence-electron chi connectivity index (χ0n) is 17.3. The number of benzene rings is 2. The van der Waals surface area contributed by atoms with Gasteiger partial charge in [0.2, 0.25) is 5.91 Å². The number of furan rings is 1. The summed E-state index contributed by atoms with van der Waals surface area (Å²) in [5.74, 6) is 0.588. The molecular formula is C24H23N3O4. The van der Waals surface area contributed by atoms with Crippen LogP contribution in [-0.4, -0.2) is 23.9 Å². The number of ether oxygens (including phenoxy) is 1. The van der Waals surface area contributed by atoms with Crippen LogP contribution in [0.2, 0.25) is 0 Å². The second-order valence-electron chi connectivity index (χ2n) is 7.15. The van der Waals surface area contributed by atoms with Crippen LogP contribution in [0.4, 0.5) is 0 Å². The second kappa shape index (κ2) is 8.79. The third-order valence-corrected chi connectivity index (χ3v) is 5.21. The normalized spacial score (nSPS) is 10.8. The zero-order valence-corrected chi connectivity index (χ0v) is 17.3. The fraction of sp³-hybridized carbons (Fsp3) is 0.167. The highest BCUT2D eigenvalue weighted by Crippen LogP contribution is 2.32. The van der Waals surface area contributed by atoms with E-state index in [9.17, 15) is 9.59 Å². The molecule has 0 aliphatic carbocycles. The Hall–Kier alpha value is -4.00. The molecule has 0 radical (unpaired) electrons. The number of aromatic amines is 1. The molecule has 0 aliphatic heterocycles.